The van der Waals surface area contributed by atoms with E-state index in [0.29, 0.717) is 25.1 Å². The number of benzene rings is 1. The van der Waals surface area contributed by atoms with Gasteiger partial charge in [-0.2, -0.15) is 4.31 Å². The largest absolute Gasteiger partial charge is 0.325 e. The molecule has 0 spiro atoms. The highest BCUT2D eigenvalue weighted by Crippen LogP contribution is 2.29. The molecule has 0 radical (unpaired) electrons. The zero-order chi connectivity index (χ0) is 16.4. The molecule has 1 fully saturated rings. The van der Waals surface area contributed by atoms with E-state index in [9.17, 15) is 13.2 Å². The third kappa shape index (κ3) is 3.31. The molecule has 1 atom stereocenters. The Labute approximate surface area is 140 Å². The van der Waals surface area contributed by atoms with E-state index in [-0.39, 0.29) is 10.1 Å². The van der Waals surface area contributed by atoms with Crippen LogP contribution in [0.4, 0.5) is 5.69 Å². The van der Waals surface area contributed by atoms with Gasteiger partial charge in [0.15, 0.2) is 0 Å². The highest BCUT2D eigenvalue weighted by atomic mass is 32.2. The molecule has 1 amide bonds. The van der Waals surface area contributed by atoms with Gasteiger partial charge < -0.3 is 5.32 Å². The molecule has 1 saturated heterocycles. The SMILES string of the molecule is Cc1ccc(NC(=O)[C@H]2CCCN2S(=O)(=O)c2cccs2)cc1. The number of carbonyl (C=O) groups excluding carboxylic acids is 1. The van der Waals surface area contributed by atoms with E-state index in [4.69, 9.17) is 0 Å². The van der Waals surface area contributed by atoms with Crippen LogP contribution in [0.3, 0.4) is 0 Å². The first-order chi connectivity index (χ1) is 11.0. The summed E-state index contributed by atoms with van der Waals surface area (Å²) in [5, 5.41) is 4.54. The fraction of sp³-hybridized carbons (Fsp3) is 0.312. The second kappa shape index (κ2) is 6.43. The number of sulfonamides is 1. The van der Waals surface area contributed by atoms with Crippen molar-refractivity contribution in [3.05, 3.63) is 47.3 Å². The molecule has 1 aromatic heterocycles. The molecule has 3 rings (SSSR count). The van der Waals surface area contributed by atoms with Gasteiger partial charge in [-0.15, -0.1) is 11.3 Å². The minimum atomic E-state index is -3.60. The molecule has 122 valence electrons. The predicted molar refractivity (Wildman–Crippen MR) is 91.0 cm³/mol. The van der Waals surface area contributed by atoms with Crippen LogP contribution in [0.25, 0.3) is 0 Å². The van der Waals surface area contributed by atoms with E-state index in [1.54, 1.807) is 17.5 Å². The molecular formula is C16H18N2O3S2. The summed E-state index contributed by atoms with van der Waals surface area (Å²) in [5.41, 5.74) is 1.78. The maximum Gasteiger partial charge on any atom is 0.253 e. The number of nitrogens with zero attached hydrogens (tertiary/aromatic N) is 1. The Morgan fingerprint density at radius 2 is 2.00 bits per heavy atom. The first-order valence-electron chi connectivity index (χ1n) is 7.41. The first-order valence-corrected chi connectivity index (χ1v) is 9.73. The summed E-state index contributed by atoms with van der Waals surface area (Å²) in [6, 6.07) is 10.1. The molecule has 1 aliphatic heterocycles. The van der Waals surface area contributed by atoms with E-state index in [1.165, 1.54) is 15.6 Å². The van der Waals surface area contributed by atoms with Gasteiger partial charge in [-0.25, -0.2) is 8.42 Å². The van der Waals surface area contributed by atoms with Crippen molar-refractivity contribution in [3.63, 3.8) is 0 Å². The summed E-state index contributed by atoms with van der Waals surface area (Å²) >= 11 is 1.17. The van der Waals surface area contributed by atoms with Crippen molar-refractivity contribution in [1.82, 2.24) is 4.31 Å². The Morgan fingerprint density at radius 3 is 2.65 bits per heavy atom. The van der Waals surface area contributed by atoms with Crippen molar-refractivity contribution >= 4 is 33.0 Å². The second-order valence-corrected chi connectivity index (χ2v) is 8.63. The molecule has 23 heavy (non-hydrogen) atoms. The summed E-state index contributed by atoms with van der Waals surface area (Å²) in [7, 11) is -3.60. The number of nitrogens with one attached hydrogen (secondary N) is 1. The molecule has 1 N–H and O–H groups in total. The van der Waals surface area contributed by atoms with Gasteiger partial charge in [0.05, 0.1) is 0 Å². The lowest BCUT2D eigenvalue weighted by Crippen LogP contribution is -2.42. The molecule has 0 unspecified atom stereocenters. The van der Waals surface area contributed by atoms with Gasteiger partial charge in [0.1, 0.15) is 10.3 Å². The number of hydrogen-bond acceptors (Lipinski definition) is 4. The molecule has 1 aliphatic rings. The molecule has 0 aliphatic carbocycles. The lowest BCUT2D eigenvalue weighted by Gasteiger charge is -2.22. The number of amides is 1. The van der Waals surface area contributed by atoms with Crippen molar-refractivity contribution in [2.45, 2.75) is 30.0 Å². The maximum atomic E-state index is 12.7. The van der Waals surface area contributed by atoms with Crippen LogP contribution in [0, 0.1) is 6.92 Å². The van der Waals surface area contributed by atoms with Crippen LogP contribution < -0.4 is 5.32 Å². The number of aryl methyl sites for hydroxylation is 1. The number of anilines is 1. The number of rotatable bonds is 4. The predicted octanol–water partition coefficient (Wildman–Crippen LogP) is 2.85. The zero-order valence-electron chi connectivity index (χ0n) is 12.7. The molecule has 2 heterocycles. The fourth-order valence-electron chi connectivity index (χ4n) is 2.68. The van der Waals surface area contributed by atoms with Gasteiger partial charge in [-0.1, -0.05) is 23.8 Å². The standard InChI is InChI=1S/C16H18N2O3S2/c1-12-6-8-13(9-7-12)17-16(19)14-4-2-10-18(14)23(20,21)15-5-3-11-22-15/h3,5-9,11,14H,2,4,10H2,1H3,(H,17,19)/t14-/m1/s1. The van der Waals surface area contributed by atoms with Crippen molar-refractivity contribution in [2.24, 2.45) is 0 Å². The molecule has 0 saturated carbocycles. The minimum Gasteiger partial charge on any atom is -0.325 e. The monoisotopic (exact) mass is 350 g/mol. The van der Waals surface area contributed by atoms with Crippen molar-refractivity contribution in [3.8, 4) is 0 Å². The van der Waals surface area contributed by atoms with Crippen molar-refractivity contribution in [2.75, 3.05) is 11.9 Å². The van der Waals surface area contributed by atoms with Crippen LogP contribution in [-0.2, 0) is 14.8 Å². The average Bonchev–Trinajstić information content (AvgIpc) is 3.21. The molecule has 1 aromatic carbocycles. The van der Waals surface area contributed by atoms with E-state index in [0.717, 1.165) is 5.56 Å². The van der Waals surface area contributed by atoms with E-state index < -0.39 is 16.1 Å². The van der Waals surface area contributed by atoms with E-state index in [2.05, 4.69) is 5.32 Å². The van der Waals surface area contributed by atoms with Gasteiger partial charge >= 0.3 is 0 Å². The number of hydrogen-bond donors (Lipinski definition) is 1. The Kier molecular flexibility index (Phi) is 4.52. The normalized spacial score (nSPS) is 18.9. The summed E-state index contributed by atoms with van der Waals surface area (Å²) in [4.78, 5) is 12.5. The minimum absolute atomic E-state index is 0.272. The van der Waals surface area contributed by atoms with Gasteiger partial charge in [0.2, 0.25) is 5.91 Å². The second-order valence-electron chi connectivity index (χ2n) is 5.56. The highest BCUT2D eigenvalue weighted by molar-refractivity contribution is 7.91. The molecule has 0 bridgehead atoms. The third-order valence-electron chi connectivity index (χ3n) is 3.88. The lowest BCUT2D eigenvalue weighted by atomic mass is 10.2. The van der Waals surface area contributed by atoms with Crippen LogP contribution in [0.5, 0.6) is 0 Å². The third-order valence-corrected chi connectivity index (χ3v) is 7.16. The van der Waals surface area contributed by atoms with Crippen molar-refractivity contribution in [1.29, 1.82) is 0 Å². The summed E-state index contributed by atoms with van der Waals surface area (Å²) < 4.78 is 26.9. The van der Waals surface area contributed by atoms with Gasteiger partial charge in [0, 0.05) is 12.2 Å². The molecule has 7 heteroatoms. The van der Waals surface area contributed by atoms with Crippen LogP contribution in [0.2, 0.25) is 0 Å². The topological polar surface area (TPSA) is 66.5 Å². The van der Waals surface area contributed by atoms with Crippen molar-refractivity contribution < 1.29 is 13.2 Å². The van der Waals surface area contributed by atoms with E-state index >= 15 is 0 Å². The van der Waals surface area contributed by atoms with Gasteiger partial charge in [-0.3, -0.25) is 4.79 Å². The maximum absolute atomic E-state index is 12.7. The van der Waals surface area contributed by atoms with Gasteiger partial charge in [-0.05, 0) is 43.3 Å². The molecular weight excluding hydrogens is 332 g/mol. The Morgan fingerprint density at radius 1 is 1.26 bits per heavy atom. The molecule has 5 nitrogen and oxygen atoms in total. The van der Waals surface area contributed by atoms with Crippen LogP contribution in [0.15, 0.2) is 46.0 Å². The first kappa shape index (κ1) is 16.2. The quantitative estimate of drug-likeness (QED) is 0.922. The van der Waals surface area contributed by atoms with Crippen LogP contribution in [0.1, 0.15) is 18.4 Å². The Balaban J connectivity index is 1.79. The van der Waals surface area contributed by atoms with Crippen LogP contribution >= 0.6 is 11.3 Å². The number of carbonyl (C=O) groups is 1. The van der Waals surface area contributed by atoms with Crippen LogP contribution in [-0.4, -0.2) is 31.2 Å². The fourth-order valence-corrected chi connectivity index (χ4v) is 5.45. The summed E-state index contributed by atoms with van der Waals surface area (Å²) in [6.07, 6.45) is 1.24. The van der Waals surface area contributed by atoms with E-state index in [1.807, 2.05) is 31.2 Å². The van der Waals surface area contributed by atoms with Gasteiger partial charge in [0.25, 0.3) is 10.0 Å². The summed E-state index contributed by atoms with van der Waals surface area (Å²) in [6.45, 7) is 2.35. The smallest absolute Gasteiger partial charge is 0.253 e. The number of thiophene rings is 1. The molecule has 2 aromatic rings. The summed E-state index contributed by atoms with van der Waals surface area (Å²) in [5.74, 6) is -0.272. The highest BCUT2D eigenvalue weighted by Gasteiger charge is 2.39. The zero-order valence-corrected chi connectivity index (χ0v) is 14.4. The Hall–Kier alpha value is -1.70. The average molecular weight is 350 g/mol. The lowest BCUT2D eigenvalue weighted by molar-refractivity contribution is -0.119. The Bertz CT molecular complexity index is 783.